The smallest absolute Gasteiger partial charge is 0.258 e. The standard InChI is InChI=1S/C25H27ClFN3O3/c26-19-8-7-18(10-20(19)27)33-12-22(31)29-24-13-25(14-24,15-24)30-23(32)21-9-6-17(11-28-21)16-4-2-1-3-5-16/h1-5,7-8,10,17,21,28H,6,9,11-15H2,(H,29,31)(H,30,32). The molecule has 4 fully saturated rings. The molecule has 1 heterocycles. The normalized spacial score (nSPS) is 29.9. The van der Waals surface area contributed by atoms with Crippen LogP contribution in [0.4, 0.5) is 4.39 Å². The van der Waals surface area contributed by atoms with Gasteiger partial charge in [-0.3, -0.25) is 9.59 Å². The molecule has 2 aromatic rings. The van der Waals surface area contributed by atoms with Crippen molar-refractivity contribution in [2.24, 2.45) is 0 Å². The Kier molecular flexibility index (Phi) is 5.79. The molecule has 8 heteroatoms. The van der Waals surface area contributed by atoms with E-state index < -0.39 is 5.82 Å². The van der Waals surface area contributed by atoms with Crippen LogP contribution in [0.1, 0.15) is 43.6 Å². The summed E-state index contributed by atoms with van der Waals surface area (Å²) in [5.41, 5.74) is 0.839. The summed E-state index contributed by atoms with van der Waals surface area (Å²) in [6, 6.07) is 14.3. The highest BCUT2D eigenvalue weighted by Gasteiger charge is 2.69. The maximum atomic E-state index is 13.5. The van der Waals surface area contributed by atoms with E-state index in [0.717, 1.165) is 44.7 Å². The summed E-state index contributed by atoms with van der Waals surface area (Å²) in [6.07, 6.45) is 3.98. The van der Waals surface area contributed by atoms with E-state index in [-0.39, 0.29) is 46.3 Å². The van der Waals surface area contributed by atoms with E-state index in [1.807, 2.05) is 6.07 Å². The van der Waals surface area contributed by atoms with Gasteiger partial charge in [0.25, 0.3) is 5.91 Å². The van der Waals surface area contributed by atoms with Crippen molar-refractivity contribution in [2.45, 2.75) is 55.1 Å². The van der Waals surface area contributed by atoms with Crippen LogP contribution < -0.4 is 20.7 Å². The van der Waals surface area contributed by atoms with Gasteiger partial charge >= 0.3 is 0 Å². The fourth-order valence-corrected chi connectivity index (χ4v) is 5.66. The zero-order chi connectivity index (χ0) is 23.1. The molecule has 4 aliphatic rings. The van der Waals surface area contributed by atoms with Crippen LogP contribution in [0.3, 0.4) is 0 Å². The zero-order valence-electron chi connectivity index (χ0n) is 18.2. The topological polar surface area (TPSA) is 79.5 Å². The highest BCUT2D eigenvalue weighted by atomic mass is 35.5. The van der Waals surface area contributed by atoms with Gasteiger partial charge in [-0.15, -0.1) is 0 Å². The predicted molar refractivity (Wildman–Crippen MR) is 123 cm³/mol. The third-order valence-electron chi connectivity index (χ3n) is 7.09. The number of amides is 2. The lowest BCUT2D eigenvalue weighted by Crippen LogP contribution is -2.84. The number of nitrogens with one attached hydrogen (secondary N) is 3. The molecule has 3 saturated carbocycles. The van der Waals surface area contributed by atoms with E-state index >= 15 is 0 Å². The summed E-state index contributed by atoms with van der Waals surface area (Å²) in [5.74, 6) is -0.104. The summed E-state index contributed by atoms with van der Waals surface area (Å²) in [5, 5.41) is 9.63. The molecule has 1 saturated heterocycles. The second-order valence-electron chi connectivity index (χ2n) is 9.64. The van der Waals surface area contributed by atoms with Crippen LogP contribution in [0.2, 0.25) is 5.02 Å². The molecule has 0 radical (unpaired) electrons. The van der Waals surface area contributed by atoms with Gasteiger partial charge in [-0.1, -0.05) is 41.9 Å². The highest BCUT2D eigenvalue weighted by molar-refractivity contribution is 6.30. The minimum absolute atomic E-state index is 0.00690. The van der Waals surface area contributed by atoms with Crippen LogP contribution in [-0.2, 0) is 9.59 Å². The monoisotopic (exact) mass is 471 g/mol. The first-order valence-electron chi connectivity index (χ1n) is 11.3. The van der Waals surface area contributed by atoms with Gasteiger partial charge in [0, 0.05) is 23.7 Å². The molecule has 6 nitrogen and oxygen atoms in total. The van der Waals surface area contributed by atoms with E-state index in [1.54, 1.807) is 0 Å². The first-order valence-corrected chi connectivity index (χ1v) is 11.7. The predicted octanol–water partition coefficient (Wildman–Crippen LogP) is 3.30. The lowest BCUT2D eigenvalue weighted by atomic mass is 9.44. The van der Waals surface area contributed by atoms with Crippen LogP contribution in [-0.4, -0.2) is 42.1 Å². The van der Waals surface area contributed by atoms with E-state index in [9.17, 15) is 14.0 Å². The Morgan fingerprint density at radius 2 is 1.79 bits per heavy atom. The number of ether oxygens (including phenoxy) is 1. The molecule has 1 aliphatic heterocycles. The number of hydrogen-bond acceptors (Lipinski definition) is 4. The molecule has 0 spiro atoms. The van der Waals surface area contributed by atoms with Crippen molar-refractivity contribution in [3.05, 3.63) is 64.9 Å². The lowest BCUT2D eigenvalue weighted by molar-refractivity contribution is -0.151. The van der Waals surface area contributed by atoms with Gasteiger partial charge in [0.1, 0.15) is 11.6 Å². The van der Waals surface area contributed by atoms with Gasteiger partial charge < -0.3 is 20.7 Å². The SMILES string of the molecule is O=C(COc1ccc(Cl)c(F)c1)NC12CC(NC(=O)C3CCC(c4ccccc4)CN3)(C1)C2. The molecule has 2 aromatic carbocycles. The molecule has 0 aromatic heterocycles. The molecule has 3 N–H and O–H groups in total. The van der Waals surface area contributed by atoms with Gasteiger partial charge in [0.15, 0.2) is 6.61 Å². The Labute approximate surface area is 197 Å². The first kappa shape index (κ1) is 22.2. The first-order chi connectivity index (χ1) is 15.9. The number of halogens is 2. The second-order valence-corrected chi connectivity index (χ2v) is 10.0. The Balaban J connectivity index is 1.03. The third kappa shape index (κ3) is 4.57. The number of rotatable bonds is 7. The molecular weight excluding hydrogens is 445 g/mol. The van der Waals surface area contributed by atoms with E-state index in [2.05, 4.69) is 40.2 Å². The van der Waals surface area contributed by atoms with Gasteiger partial charge in [-0.2, -0.15) is 0 Å². The summed E-state index contributed by atoms with van der Waals surface area (Å²) >= 11 is 5.65. The van der Waals surface area contributed by atoms with Crippen LogP contribution >= 0.6 is 11.6 Å². The molecule has 2 unspecified atom stereocenters. The van der Waals surface area contributed by atoms with E-state index in [4.69, 9.17) is 16.3 Å². The fourth-order valence-electron chi connectivity index (χ4n) is 5.54. The zero-order valence-corrected chi connectivity index (χ0v) is 19.0. The quantitative estimate of drug-likeness (QED) is 0.579. The van der Waals surface area contributed by atoms with E-state index in [1.165, 1.54) is 17.7 Å². The number of piperidine rings is 1. The average Bonchev–Trinajstić information content (AvgIpc) is 2.78. The van der Waals surface area contributed by atoms with Crippen molar-refractivity contribution in [1.29, 1.82) is 0 Å². The summed E-state index contributed by atoms with van der Waals surface area (Å²) in [4.78, 5) is 25.1. The number of hydrogen-bond donors (Lipinski definition) is 3. The molecule has 174 valence electrons. The summed E-state index contributed by atoms with van der Waals surface area (Å²) < 4.78 is 18.8. The Hall–Kier alpha value is -2.64. The molecule has 2 atom stereocenters. The Morgan fingerprint density at radius 1 is 1.06 bits per heavy atom. The van der Waals surface area contributed by atoms with Crippen LogP contribution in [0.5, 0.6) is 5.75 Å². The maximum Gasteiger partial charge on any atom is 0.258 e. The van der Waals surface area contributed by atoms with E-state index in [0.29, 0.717) is 5.92 Å². The minimum Gasteiger partial charge on any atom is -0.484 e. The Morgan fingerprint density at radius 3 is 2.45 bits per heavy atom. The van der Waals surface area contributed by atoms with Gasteiger partial charge in [0.2, 0.25) is 5.91 Å². The lowest BCUT2D eigenvalue weighted by Gasteiger charge is -2.70. The van der Waals surface area contributed by atoms with Crippen LogP contribution in [0.25, 0.3) is 0 Å². The summed E-state index contributed by atoms with van der Waals surface area (Å²) in [7, 11) is 0. The Bertz CT molecular complexity index is 1040. The molecular formula is C25H27ClFN3O3. The average molecular weight is 472 g/mol. The molecule has 2 amide bonds. The van der Waals surface area contributed by atoms with Crippen LogP contribution in [0.15, 0.2) is 48.5 Å². The third-order valence-corrected chi connectivity index (χ3v) is 7.39. The molecule has 6 rings (SSSR count). The van der Waals surface area contributed by atoms with Crippen LogP contribution in [0, 0.1) is 5.82 Å². The minimum atomic E-state index is -0.588. The number of carbonyl (C=O) groups excluding carboxylic acids is 2. The number of carbonyl (C=O) groups is 2. The van der Waals surface area contributed by atoms with Crippen molar-refractivity contribution in [1.82, 2.24) is 16.0 Å². The molecule has 3 aliphatic carbocycles. The second kappa shape index (κ2) is 8.61. The van der Waals surface area contributed by atoms with Gasteiger partial charge in [-0.05, 0) is 55.7 Å². The molecule has 2 bridgehead atoms. The largest absolute Gasteiger partial charge is 0.484 e. The van der Waals surface area contributed by atoms with Gasteiger partial charge in [-0.25, -0.2) is 4.39 Å². The maximum absolute atomic E-state index is 13.5. The van der Waals surface area contributed by atoms with Gasteiger partial charge in [0.05, 0.1) is 11.1 Å². The van der Waals surface area contributed by atoms with Crippen molar-refractivity contribution in [2.75, 3.05) is 13.2 Å². The van der Waals surface area contributed by atoms with Crippen molar-refractivity contribution in [3.8, 4) is 5.75 Å². The summed E-state index contributed by atoms with van der Waals surface area (Å²) in [6.45, 7) is 0.601. The number of benzene rings is 2. The highest BCUT2D eigenvalue weighted by Crippen LogP contribution is 2.60. The van der Waals surface area contributed by atoms with Crippen molar-refractivity contribution in [3.63, 3.8) is 0 Å². The fraction of sp³-hybridized carbons (Fsp3) is 0.440. The molecule has 33 heavy (non-hydrogen) atoms. The van der Waals surface area contributed by atoms with Crippen molar-refractivity contribution >= 4 is 23.4 Å². The van der Waals surface area contributed by atoms with Crippen molar-refractivity contribution < 1.29 is 18.7 Å².